The minimum absolute atomic E-state index is 0.136. The molecular weight excluding hydrogens is 292 g/mol. The minimum atomic E-state index is 0.136. The van der Waals surface area contributed by atoms with Crippen LogP contribution in [0.4, 0.5) is 0 Å². The van der Waals surface area contributed by atoms with Crippen LogP contribution in [0.1, 0.15) is 47.7 Å². The highest BCUT2D eigenvalue weighted by Crippen LogP contribution is 2.20. The summed E-state index contributed by atoms with van der Waals surface area (Å²) in [5, 5.41) is 2.72. The number of unbranched alkanes of at least 4 members (excludes halogenated alkanes) is 2. The van der Waals surface area contributed by atoms with Gasteiger partial charge < -0.3 is 0 Å². The Kier molecular flexibility index (Phi) is 5.43. The second kappa shape index (κ2) is 7.92. The van der Waals surface area contributed by atoms with Gasteiger partial charge in [0.1, 0.15) is 0 Å². The average molecular weight is 316 g/mol. The van der Waals surface area contributed by atoms with Gasteiger partial charge in [-0.2, -0.15) is 0 Å². The quantitative estimate of drug-likeness (QED) is 0.386. The number of carbonyl (C=O) groups excluding carboxylic acids is 1. The lowest BCUT2D eigenvalue weighted by atomic mass is 9.98. The van der Waals surface area contributed by atoms with E-state index in [1.165, 1.54) is 41.2 Å². The Hall–Kier alpha value is -2.41. The zero-order valence-electron chi connectivity index (χ0n) is 14.3. The molecule has 0 aliphatic heterocycles. The van der Waals surface area contributed by atoms with Gasteiger partial charge in [-0.05, 0) is 54.5 Å². The summed E-state index contributed by atoms with van der Waals surface area (Å²) in [7, 11) is 0. The molecule has 0 atom stereocenters. The molecule has 0 aliphatic carbocycles. The maximum atomic E-state index is 11.3. The van der Waals surface area contributed by atoms with Gasteiger partial charge in [0.15, 0.2) is 5.78 Å². The maximum absolute atomic E-state index is 11.3. The van der Waals surface area contributed by atoms with E-state index in [-0.39, 0.29) is 5.78 Å². The second-order valence-corrected chi connectivity index (χ2v) is 6.45. The summed E-state index contributed by atoms with van der Waals surface area (Å²) in [5.41, 5.74) is 3.58. The van der Waals surface area contributed by atoms with Crippen molar-refractivity contribution in [2.45, 2.75) is 39.0 Å². The molecule has 3 aromatic rings. The molecule has 0 amide bonds. The number of ketones is 1. The fourth-order valence-corrected chi connectivity index (χ4v) is 3.24. The Morgan fingerprint density at radius 1 is 0.750 bits per heavy atom. The van der Waals surface area contributed by atoms with E-state index in [1.807, 2.05) is 12.1 Å². The van der Waals surface area contributed by atoms with Crippen molar-refractivity contribution in [3.8, 4) is 0 Å². The number of hydrogen-bond donors (Lipinski definition) is 0. The highest BCUT2D eigenvalue weighted by molar-refractivity contribution is 5.94. The van der Waals surface area contributed by atoms with Crippen molar-refractivity contribution in [3.05, 3.63) is 83.4 Å². The van der Waals surface area contributed by atoms with E-state index in [2.05, 4.69) is 54.6 Å². The number of benzene rings is 3. The normalized spacial score (nSPS) is 10.9. The Bertz CT molecular complexity index is 810. The molecule has 0 radical (unpaired) electrons. The SMILES string of the molecule is CC(=O)c1ccc(CCCCCc2cccc3ccccc23)cc1. The first kappa shape index (κ1) is 16.4. The molecule has 3 aromatic carbocycles. The number of Topliss-reactive ketones (excluding diaryl/α,β-unsaturated/α-hetero) is 1. The Morgan fingerprint density at radius 3 is 2.25 bits per heavy atom. The van der Waals surface area contributed by atoms with Gasteiger partial charge in [-0.25, -0.2) is 0 Å². The fourth-order valence-electron chi connectivity index (χ4n) is 3.24. The van der Waals surface area contributed by atoms with Crippen molar-refractivity contribution in [2.24, 2.45) is 0 Å². The number of rotatable bonds is 7. The summed E-state index contributed by atoms with van der Waals surface area (Å²) in [6.07, 6.45) is 5.89. The van der Waals surface area contributed by atoms with Gasteiger partial charge in [0, 0.05) is 5.56 Å². The molecule has 0 aliphatic rings. The molecule has 0 unspecified atom stereocenters. The molecule has 122 valence electrons. The monoisotopic (exact) mass is 316 g/mol. The van der Waals surface area contributed by atoms with Crippen LogP contribution in [0, 0.1) is 0 Å². The van der Waals surface area contributed by atoms with E-state index in [4.69, 9.17) is 0 Å². The summed E-state index contributed by atoms with van der Waals surface area (Å²) in [6, 6.07) is 23.3. The van der Waals surface area contributed by atoms with Crippen LogP contribution in [0.5, 0.6) is 0 Å². The molecule has 0 heterocycles. The predicted octanol–water partition coefficient (Wildman–Crippen LogP) is 6.00. The Labute approximate surface area is 144 Å². The van der Waals surface area contributed by atoms with Gasteiger partial charge in [0.2, 0.25) is 0 Å². The first-order chi connectivity index (χ1) is 11.7. The molecule has 0 fully saturated rings. The second-order valence-electron chi connectivity index (χ2n) is 6.45. The zero-order valence-corrected chi connectivity index (χ0v) is 14.3. The fraction of sp³-hybridized carbons (Fsp3) is 0.261. The molecular formula is C23H24O. The number of carbonyl (C=O) groups is 1. The Morgan fingerprint density at radius 2 is 1.46 bits per heavy atom. The third-order valence-corrected chi connectivity index (χ3v) is 4.65. The molecule has 24 heavy (non-hydrogen) atoms. The van der Waals surface area contributed by atoms with Gasteiger partial charge >= 0.3 is 0 Å². The molecule has 0 spiro atoms. The molecule has 3 rings (SSSR count). The van der Waals surface area contributed by atoms with E-state index >= 15 is 0 Å². The van der Waals surface area contributed by atoms with Crippen molar-refractivity contribution < 1.29 is 4.79 Å². The largest absolute Gasteiger partial charge is 0.295 e. The minimum Gasteiger partial charge on any atom is -0.295 e. The van der Waals surface area contributed by atoms with Crippen LogP contribution in [0.3, 0.4) is 0 Å². The molecule has 0 aromatic heterocycles. The lowest BCUT2D eigenvalue weighted by Crippen LogP contribution is -1.93. The van der Waals surface area contributed by atoms with Gasteiger partial charge in [0.25, 0.3) is 0 Å². The molecule has 1 heteroatoms. The van der Waals surface area contributed by atoms with Crippen molar-refractivity contribution in [2.75, 3.05) is 0 Å². The smallest absolute Gasteiger partial charge is 0.159 e. The van der Waals surface area contributed by atoms with E-state index in [1.54, 1.807) is 6.92 Å². The predicted molar refractivity (Wildman–Crippen MR) is 102 cm³/mol. The van der Waals surface area contributed by atoms with Crippen LogP contribution >= 0.6 is 0 Å². The van der Waals surface area contributed by atoms with Gasteiger partial charge in [-0.3, -0.25) is 4.79 Å². The van der Waals surface area contributed by atoms with Crippen LogP contribution in [0.2, 0.25) is 0 Å². The molecule has 0 saturated carbocycles. The first-order valence-electron chi connectivity index (χ1n) is 8.80. The van der Waals surface area contributed by atoms with Crippen molar-refractivity contribution in [3.63, 3.8) is 0 Å². The maximum Gasteiger partial charge on any atom is 0.159 e. The van der Waals surface area contributed by atoms with E-state index in [0.717, 1.165) is 18.4 Å². The lowest BCUT2D eigenvalue weighted by molar-refractivity contribution is 0.101. The molecule has 0 saturated heterocycles. The lowest BCUT2D eigenvalue weighted by Gasteiger charge is -2.07. The van der Waals surface area contributed by atoms with E-state index in [0.29, 0.717) is 0 Å². The summed E-state index contributed by atoms with van der Waals surface area (Å²) in [4.78, 5) is 11.3. The standard InChI is InChI=1S/C23H24O/c1-18(24)20-16-14-19(15-17-20)8-3-2-4-9-21-11-7-12-22-10-5-6-13-23(21)22/h5-7,10-17H,2-4,8-9H2,1H3. The highest BCUT2D eigenvalue weighted by Gasteiger charge is 2.01. The van der Waals surface area contributed by atoms with Gasteiger partial charge in [-0.15, -0.1) is 0 Å². The topological polar surface area (TPSA) is 17.1 Å². The summed E-state index contributed by atoms with van der Waals surface area (Å²) >= 11 is 0. The van der Waals surface area contributed by atoms with Gasteiger partial charge in [0.05, 0.1) is 0 Å². The number of hydrogen-bond acceptors (Lipinski definition) is 1. The van der Waals surface area contributed by atoms with Crippen LogP contribution in [0.15, 0.2) is 66.7 Å². The summed E-state index contributed by atoms with van der Waals surface area (Å²) < 4.78 is 0. The van der Waals surface area contributed by atoms with Crippen molar-refractivity contribution >= 4 is 16.6 Å². The van der Waals surface area contributed by atoms with Crippen LogP contribution in [0.25, 0.3) is 10.8 Å². The van der Waals surface area contributed by atoms with E-state index < -0.39 is 0 Å². The zero-order chi connectivity index (χ0) is 16.8. The third-order valence-electron chi connectivity index (χ3n) is 4.65. The molecule has 0 bridgehead atoms. The highest BCUT2D eigenvalue weighted by atomic mass is 16.1. The Balaban J connectivity index is 1.47. The molecule has 1 nitrogen and oxygen atoms in total. The summed E-state index contributed by atoms with van der Waals surface area (Å²) in [5.74, 6) is 0.136. The van der Waals surface area contributed by atoms with Crippen molar-refractivity contribution in [1.82, 2.24) is 0 Å². The number of fused-ring (bicyclic) bond motifs is 1. The average Bonchev–Trinajstić information content (AvgIpc) is 2.62. The molecule has 0 N–H and O–H groups in total. The van der Waals surface area contributed by atoms with E-state index in [9.17, 15) is 4.79 Å². The van der Waals surface area contributed by atoms with Crippen LogP contribution in [-0.4, -0.2) is 5.78 Å². The van der Waals surface area contributed by atoms with Crippen LogP contribution < -0.4 is 0 Å². The number of aryl methyl sites for hydroxylation is 2. The first-order valence-corrected chi connectivity index (χ1v) is 8.80. The van der Waals surface area contributed by atoms with Crippen molar-refractivity contribution in [1.29, 1.82) is 0 Å². The van der Waals surface area contributed by atoms with Gasteiger partial charge in [-0.1, -0.05) is 73.2 Å². The van der Waals surface area contributed by atoms with Crippen LogP contribution in [-0.2, 0) is 12.8 Å². The third kappa shape index (κ3) is 4.11. The summed E-state index contributed by atoms with van der Waals surface area (Å²) in [6.45, 7) is 1.61.